The van der Waals surface area contributed by atoms with Crippen molar-refractivity contribution in [3.63, 3.8) is 0 Å². The van der Waals surface area contributed by atoms with E-state index in [1.807, 2.05) is 0 Å². The Labute approximate surface area is 171 Å². The molecule has 3 amide bonds. The van der Waals surface area contributed by atoms with Crippen molar-refractivity contribution in [3.8, 4) is 0 Å². The lowest BCUT2D eigenvalue weighted by atomic mass is 9.84. The van der Waals surface area contributed by atoms with E-state index in [-0.39, 0.29) is 18.0 Å². The fourth-order valence-electron chi connectivity index (χ4n) is 4.01. The average molecular weight is 413 g/mol. The smallest absolute Gasteiger partial charge is 0.341 e. The van der Waals surface area contributed by atoms with E-state index in [1.165, 1.54) is 41.4 Å². The standard InChI is InChI=1S/C20H20FN5O4/c21-14-1-3-15(4-2-14)22-19(28)25-20(13-18(27)23-25)9-11-24(12-10-20)16-5-7-17(8-6-16)26(29)30/h1-8H,9-13H2,(H,22,28)(H,23,27). The van der Waals surface area contributed by atoms with Gasteiger partial charge in [0, 0.05) is 36.6 Å². The van der Waals surface area contributed by atoms with Crippen molar-refractivity contribution in [1.82, 2.24) is 10.4 Å². The van der Waals surface area contributed by atoms with Crippen LogP contribution in [0.1, 0.15) is 19.3 Å². The van der Waals surface area contributed by atoms with E-state index in [1.54, 1.807) is 12.1 Å². The number of benzene rings is 2. The van der Waals surface area contributed by atoms with Gasteiger partial charge in [0.1, 0.15) is 5.82 Å². The van der Waals surface area contributed by atoms with Crippen molar-refractivity contribution in [2.75, 3.05) is 23.3 Å². The Morgan fingerprint density at radius 2 is 1.73 bits per heavy atom. The second-order valence-electron chi connectivity index (χ2n) is 7.47. The van der Waals surface area contributed by atoms with Crippen LogP contribution < -0.4 is 15.6 Å². The fourth-order valence-corrected chi connectivity index (χ4v) is 4.01. The van der Waals surface area contributed by atoms with Gasteiger partial charge in [-0.15, -0.1) is 0 Å². The number of urea groups is 1. The van der Waals surface area contributed by atoms with Crippen LogP contribution in [0.3, 0.4) is 0 Å². The van der Waals surface area contributed by atoms with E-state index >= 15 is 0 Å². The molecule has 2 saturated heterocycles. The average Bonchev–Trinajstić information content (AvgIpc) is 3.06. The SMILES string of the molecule is O=C1CC2(CCN(c3ccc([N+](=O)[O-])cc3)CC2)N(C(=O)Nc2ccc(F)cc2)N1. The first-order valence-corrected chi connectivity index (χ1v) is 9.52. The van der Waals surface area contributed by atoms with E-state index in [0.717, 1.165) is 5.69 Å². The minimum atomic E-state index is -0.654. The molecular formula is C20H20FN5O4. The Morgan fingerprint density at radius 1 is 1.10 bits per heavy atom. The zero-order valence-electron chi connectivity index (χ0n) is 16.0. The molecule has 2 aromatic carbocycles. The first kappa shape index (κ1) is 19.6. The van der Waals surface area contributed by atoms with Crippen LogP contribution >= 0.6 is 0 Å². The number of piperidine rings is 1. The summed E-state index contributed by atoms with van der Waals surface area (Å²) in [5, 5.41) is 14.9. The molecule has 4 rings (SSSR count). The molecule has 156 valence electrons. The number of nitro benzene ring substituents is 1. The summed E-state index contributed by atoms with van der Waals surface area (Å²) in [6.45, 7) is 1.18. The van der Waals surface area contributed by atoms with Gasteiger partial charge < -0.3 is 10.2 Å². The van der Waals surface area contributed by atoms with Crippen LogP contribution in [0.15, 0.2) is 48.5 Å². The molecule has 0 unspecified atom stereocenters. The van der Waals surface area contributed by atoms with Crippen LogP contribution in [-0.2, 0) is 4.79 Å². The summed E-state index contributed by atoms with van der Waals surface area (Å²) in [5.41, 5.74) is 3.30. The monoisotopic (exact) mass is 413 g/mol. The Kier molecular flexibility index (Phi) is 4.98. The third-order valence-electron chi connectivity index (χ3n) is 5.62. The maximum absolute atomic E-state index is 13.1. The molecule has 2 aromatic rings. The highest BCUT2D eigenvalue weighted by Gasteiger charge is 2.49. The molecule has 0 aliphatic carbocycles. The molecule has 2 aliphatic heterocycles. The molecule has 10 heteroatoms. The number of hydrazine groups is 1. The molecule has 0 radical (unpaired) electrons. The van der Waals surface area contributed by atoms with Crippen molar-refractivity contribution in [3.05, 3.63) is 64.5 Å². The number of anilines is 2. The molecule has 2 aliphatic rings. The summed E-state index contributed by atoms with van der Waals surface area (Å²) < 4.78 is 13.1. The second kappa shape index (κ2) is 7.62. The van der Waals surface area contributed by atoms with E-state index in [9.17, 15) is 24.1 Å². The summed E-state index contributed by atoms with van der Waals surface area (Å²) in [4.78, 5) is 37.4. The number of nitro groups is 1. The lowest BCUT2D eigenvalue weighted by molar-refractivity contribution is -0.384. The maximum Gasteiger partial charge on any atom is 0.341 e. The highest BCUT2D eigenvalue weighted by atomic mass is 19.1. The van der Waals surface area contributed by atoms with Gasteiger partial charge in [0.2, 0.25) is 5.91 Å². The number of amides is 3. The maximum atomic E-state index is 13.1. The van der Waals surface area contributed by atoms with Crippen LogP contribution in [0.5, 0.6) is 0 Å². The second-order valence-corrected chi connectivity index (χ2v) is 7.47. The van der Waals surface area contributed by atoms with E-state index in [4.69, 9.17) is 0 Å². The van der Waals surface area contributed by atoms with Crippen LogP contribution in [0.4, 0.5) is 26.2 Å². The summed E-state index contributed by atoms with van der Waals surface area (Å²) >= 11 is 0. The summed E-state index contributed by atoms with van der Waals surface area (Å²) in [6.07, 6.45) is 1.32. The number of rotatable bonds is 3. The largest absolute Gasteiger partial charge is 0.371 e. The molecule has 2 N–H and O–H groups in total. The van der Waals surface area contributed by atoms with E-state index in [2.05, 4.69) is 15.6 Å². The van der Waals surface area contributed by atoms with Crippen molar-refractivity contribution in [2.45, 2.75) is 24.8 Å². The predicted octanol–water partition coefficient (Wildman–Crippen LogP) is 3.04. The van der Waals surface area contributed by atoms with Crippen molar-refractivity contribution in [1.29, 1.82) is 0 Å². The third-order valence-corrected chi connectivity index (χ3v) is 5.62. The number of nitrogens with zero attached hydrogens (tertiary/aromatic N) is 3. The lowest BCUT2D eigenvalue weighted by Crippen LogP contribution is -2.58. The van der Waals surface area contributed by atoms with Crippen LogP contribution in [0.25, 0.3) is 0 Å². The van der Waals surface area contributed by atoms with Crippen molar-refractivity contribution in [2.24, 2.45) is 0 Å². The first-order chi connectivity index (χ1) is 14.4. The minimum Gasteiger partial charge on any atom is -0.371 e. The van der Waals surface area contributed by atoms with Crippen molar-refractivity contribution < 1.29 is 18.9 Å². The van der Waals surface area contributed by atoms with Gasteiger partial charge in [-0.1, -0.05) is 0 Å². The zero-order chi connectivity index (χ0) is 21.3. The highest BCUT2D eigenvalue weighted by Crippen LogP contribution is 2.37. The number of nitrogens with one attached hydrogen (secondary N) is 2. The third kappa shape index (κ3) is 3.76. The Hall–Kier alpha value is -3.69. The normalized spacial score (nSPS) is 17.7. The predicted molar refractivity (Wildman–Crippen MR) is 107 cm³/mol. The number of halogens is 1. The molecule has 0 atom stereocenters. The van der Waals surface area contributed by atoms with Crippen LogP contribution in [0, 0.1) is 15.9 Å². The molecule has 1 spiro atoms. The molecule has 2 fully saturated rings. The topological polar surface area (TPSA) is 108 Å². The number of carbonyl (C=O) groups is 2. The van der Waals surface area contributed by atoms with Gasteiger partial charge in [0.25, 0.3) is 5.69 Å². The first-order valence-electron chi connectivity index (χ1n) is 9.52. The Morgan fingerprint density at radius 3 is 2.33 bits per heavy atom. The number of hydrogen-bond acceptors (Lipinski definition) is 5. The quantitative estimate of drug-likeness (QED) is 0.594. The van der Waals surface area contributed by atoms with Crippen molar-refractivity contribution >= 4 is 29.0 Å². The number of non-ortho nitro benzene ring substituents is 1. The number of hydrogen-bond donors (Lipinski definition) is 2. The number of carbonyl (C=O) groups excluding carboxylic acids is 2. The molecule has 30 heavy (non-hydrogen) atoms. The minimum absolute atomic E-state index is 0.0291. The molecular weight excluding hydrogens is 393 g/mol. The van der Waals surface area contributed by atoms with Gasteiger partial charge in [0.05, 0.1) is 16.9 Å². The lowest BCUT2D eigenvalue weighted by Gasteiger charge is -2.43. The summed E-state index contributed by atoms with van der Waals surface area (Å²) in [5.74, 6) is -0.634. The molecule has 9 nitrogen and oxygen atoms in total. The Balaban J connectivity index is 1.45. The van der Waals surface area contributed by atoms with Gasteiger partial charge in [-0.3, -0.25) is 20.3 Å². The zero-order valence-corrected chi connectivity index (χ0v) is 16.0. The highest BCUT2D eigenvalue weighted by molar-refractivity contribution is 5.94. The van der Waals surface area contributed by atoms with Gasteiger partial charge in [-0.05, 0) is 49.2 Å². The van der Waals surface area contributed by atoms with Gasteiger partial charge in [0.15, 0.2) is 0 Å². The van der Waals surface area contributed by atoms with Crippen LogP contribution in [0.2, 0.25) is 0 Å². The summed E-state index contributed by atoms with van der Waals surface area (Å²) in [6, 6.07) is 11.2. The van der Waals surface area contributed by atoms with Gasteiger partial charge in [-0.2, -0.15) is 0 Å². The molecule has 0 aromatic heterocycles. The molecule has 2 heterocycles. The van der Waals surface area contributed by atoms with Gasteiger partial charge >= 0.3 is 6.03 Å². The Bertz CT molecular complexity index is 972. The summed E-state index contributed by atoms with van der Waals surface area (Å²) in [7, 11) is 0. The van der Waals surface area contributed by atoms with Crippen LogP contribution in [-0.4, -0.2) is 40.5 Å². The fraction of sp³-hybridized carbons (Fsp3) is 0.300. The van der Waals surface area contributed by atoms with Gasteiger partial charge in [-0.25, -0.2) is 14.2 Å². The van der Waals surface area contributed by atoms with E-state index in [0.29, 0.717) is 31.6 Å². The molecule has 0 saturated carbocycles. The molecule has 0 bridgehead atoms. The van der Waals surface area contributed by atoms with E-state index < -0.39 is 22.3 Å².